The van der Waals surface area contributed by atoms with Crippen molar-refractivity contribution < 1.29 is 14.2 Å². The average Bonchev–Trinajstić information content (AvgIpc) is 2.47. The highest BCUT2D eigenvalue weighted by Crippen LogP contribution is 1.93. The first-order chi connectivity index (χ1) is 5.74. The molecule has 0 aliphatic rings. The molecule has 0 aliphatic heterocycles. The number of hydroxylamine groups is 1. The van der Waals surface area contributed by atoms with Gasteiger partial charge in [-0.15, -0.1) is 0 Å². The standard InChI is InChI=1S/C6H9N3O3/c1-3-11-9-6(10)5-7-4(2)12-8-5/h3H2,1-2H3,(H,9,10). The lowest BCUT2D eigenvalue weighted by Gasteiger charge is -1.97. The zero-order valence-corrected chi connectivity index (χ0v) is 6.83. The molecule has 0 bridgehead atoms. The molecule has 0 radical (unpaired) electrons. The van der Waals surface area contributed by atoms with Gasteiger partial charge in [-0.1, -0.05) is 5.16 Å². The average molecular weight is 171 g/mol. The van der Waals surface area contributed by atoms with E-state index in [9.17, 15) is 4.79 Å². The number of hydrogen-bond donors (Lipinski definition) is 1. The van der Waals surface area contributed by atoms with Crippen LogP contribution in [0.15, 0.2) is 4.52 Å². The van der Waals surface area contributed by atoms with Gasteiger partial charge in [0.2, 0.25) is 5.89 Å². The van der Waals surface area contributed by atoms with E-state index in [0.29, 0.717) is 12.5 Å². The maximum absolute atomic E-state index is 11.0. The van der Waals surface area contributed by atoms with Crippen LogP contribution in [0.25, 0.3) is 0 Å². The van der Waals surface area contributed by atoms with Crippen molar-refractivity contribution in [1.82, 2.24) is 15.6 Å². The third-order valence-electron chi connectivity index (χ3n) is 1.04. The van der Waals surface area contributed by atoms with Crippen LogP contribution in [0.4, 0.5) is 0 Å². The SMILES string of the molecule is CCONC(=O)c1noc(C)n1. The van der Waals surface area contributed by atoms with Gasteiger partial charge in [-0.05, 0) is 6.92 Å². The zero-order chi connectivity index (χ0) is 8.97. The summed E-state index contributed by atoms with van der Waals surface area (Å²) in [4.78, 5) is 19.3. The number of aromatic nitrogens is 2. The molecule has 12 heavy (non-hydrogen) atoms. The quantitative estimate of drug-likeness (QED) is 0.650. The maximum Gasteiger partial charge on any atom is 0.316 e. The van der Waals surface area contributed by atoms with Crippen LogP contribution in [0, 0.1) is 6.92 Å². The highest BCUT2D eigenvalue weighted by Gasteiger charge is 2.11. The van der Waals surface area contributed by atoms with Crippen molar-refractivity contribution in [3.05, 3.63) is 11.7 Å². The van der Waals surface area contributed by atoms with Crippen LogP contribution in [-0.2, 0) is 4.84 Å². The molecule has 1 N–H and O–H groups in total. The lowest BCUT2D eigenvalue weighted by molar-refractivity contribution is 0.0352. The molecule has 1 heterocycles. The Morgan fingerprint density at radius 1 is 1.75 bits per heavy atom. The molecule has 1 aromatic rings. The normalized spacial score (nSPS) is 9.83. The van der Waals surface area contributed by atoms with E-state index in [-0.39, 0.29) is 5.82 Å². The van der Waals surface area contributed by atoms with Gasteiger partial charge in [0, 0.05) is 6.92 Å². The predicted molar refractivity (Wildman–Crippen MR) is 38.1 cm³/mol. The largest absolute Gasteiger partial charge is 0.339 e. The molecule has 0 aromatic carbocycles. The van der Waals surface area contributed by atoms with Gasteiger partial charge in [-0.2, -0.15) is 4.98 Å². The lowest BCUT2D eigenvalue weighted by atomic mass is 10.6. The molecule has 6 nitrogen and oxygen atoms in total. The highest BCUT2D eigenvalue weighted by atomic mass is 16.6. The van der Waals surface area contributed by atoms with E-state index in [4.69, 9.17) is 0 Å². The van der Waals surface area contributed by atoms with Gasteiger partial charge in [0.15, 0.2) is 0 Å². The summed E-state index contributed by atoms with van der Waals surface area (Å²) < 4.78 is 4.59. The molecule has 0 fully saturated rings. The van der Waals surface area contributed by atoms with Crippen molar-refractivity contribution in [2.24, 2.45) is 0 Å². The molecule has 1 aromatic heterocycles. The predicted octanol–water partition coefficient (Wildman–Crippen LogP) is 0.0593. The molecule has 0 saturated carbocycles. The van der Waals surface area contributed by atoms with Crippen LogP contribution < -0.4 is 5.48 Å². The van der Waals surface area contributed by atoms with Crippen LogP contribution >= 0.6 is 0 Å². The number of nitrogens with one attached hydrogen (secondary N) is 1. The van der Waals surface area contributed by atoms with Gasteiger partial charge in [0.05, 0.1) is 6.61 Å². The lowest BCUT2D eigenvalue weighted by Crippen LogP contribution is -2.24. The fraction of sp³-hybridized carbons (Fsp3) is 0.500. The van der Waals surface area contributed by atoms with Crippen molar-refractivity contribution in [2.45, 2.75) is 13.8 Å². The smallest absolute Gasteiger partial charge is 0.316 e. The van der Waals surface area contributed by atoms with Crippen LogP contribution in [-0.4, -0.2) is 22.7 Å². The Labute approximate surface area is 68.9 Å². The Morgan fingerprint density at radius 3 is 3.00 bits per heavy atom. The van der Waals surface area contributed by atoms with E-state index in [2.05, 4.69) is 25.0 Å². The van der Waals surface area contributed by atoms with Gasteiger partial charge in [-0.3, -0.25) is 9.63 Å². The van der Waals surface area contributed by atoms with Crippen molar-refractivity contribution in [2.75, 3.05) is 6.61 Å². The van der Waals surface area contributed by atoms with Crippen molar-refractivity contribution in [3.63, 3.8) is 0 Å². The summed E-state index contributed by atoms with van der Waals surface area (Å²) in [6, 6.07) is 0. The number of aryl methyl sites for hydroxylation is 1. The fourth-order valence-corrected chi connectivity index (χ4v) is 0.575. The monoisotopic (exact) mass is 171 g/mol. The molecule has 0 unspecified atom stereocenters. The van der Waals surface area contributed by atoms with Crippen LogP contribution in [0.3, 0.4) is 0 Å². The van der Waals surface area contributed by atoms with Crippen LogP contribution in [0.2, 0.25) is 0 Å². The second-order valence-corrected chi connectivity index (χ2v) is 2.00. The second kappa shape index (κ2) is 3.82. The minimum absolute atomic E-state index is 0.0269. The summed E-state index contributed by atoms with van der Waals surface area (Å²) in [5, 5.41) is 3.39. The summed E-state index contributed by atoms with van der Waals surface area (Å²) in [6.45, 7) is 3.74. The summed E-state index contributed by atoms with van der Waals surface area (Å²) in [7, 11) is 0. The maximum atomic E-state index is 11.0. The Morgan fingerprint density at radius 2 is 2.50 bits per heavy atom. The van der Waals surface area contributed by atoms with E-state index in [1.807, 2.05) is 0 Å². The van der Waals surface area contributed by atoms with E-state index in [1.165, 1.54) is 0 Å². The molecule has 66 valence electrons. The van der Waals surface area contributed by atoms with E-state index in [1.54, 1.807) is 13.8 Å². The topological polar surface area (TPSA) is 77.2 Å². The van der Waals surface area contributed by atoms with Crippen molar-refractivity contribution in [3.8, 4) is 0 Å². The van der Waals surface area contributed by atoms with Crippen molar-refractivity contribution >= 4 is 5.91 Å². The third kappa shape index (κ3) is 2.03. The summed E-state index contributed by atoms with van der Waals surface area (Å²) >= 11 is 0. The summed E-state index contributed by atoms with van der Waals surface area (Å²) in [5.74, 6) is -0.189. The highest BCUT2D eigenvalue weighted by molar-refractivity contribution is 5.89. The molecule has 0 saturated heterocycles. The summed E-state index contributed by atoms with van der Waals surface area (Å²) in [6.07, 6.45) is 0. The first kappa shape index (κ1) is 8.66. The second-order valence-electron chi connectivity index (χ2n) is 2.00. The number of carbonyl (C=O) groups is 1. The minimum Gasteiger partial charge on any atom is -0.339 e. The van der Waals surface area contributed by atoms with E-state index >= 15 is 0 Å². The zero-order valence-electron chi connectivity index (χ0n) is 6.83. The minimum atomic E-state index is -0.506. The first-order valence-corrected chi connectivity index (χ1v) is 3.46. The molecular weight excluding hydrogens is 162 g/mol. The molecule has 6 heteroatoms. The van der Waals surface area contributed by atoms with Gasteiger partial charge in [0.1, 0.15) is 0 Å². The number of rotatable bonds is 3. The molecule has 0 spiro atoms. The van der Waals surface area contributed by atoms with E-state index < -0.39 is 5.91 Å². The summed E-state index contributed by atoms with van der Waals surface area (Å²) in [5.41, 5.74) is 2.14. The van der Waals surface area contributed by atoms with Gasteiger partial charge >= 0.3 is 5.91 Å². The number of carbonyl (C=O) groups excluding carboxylic acids is 1. The molecule has 1 amide bonds. The molecule has 0 atom stereocenters. The van der Waals surface area contributed by atoms with Gasteiger partial charge in [0.25, 0.3) is 5.82 Å². The third-order valence-corrected chi connectivity index (χ3v) is 1.04. The van der Waals surface area contributed by atoms with Crippen LogP contribution in [0.5, 0.6) is 0 Å². The molecule has 0 aliphatic carbocycles. The molecule has 1 rings (SSSR count). The van der Waals surface area contributed by atoms with Gasteiger partial charge in [-0.25, -0.2) is 5.48 Å². The first-order valence-electron chi connectivity index (χ1n) is 3.46. The Hall–Kier alpha value is -1.43. The van der Waals surface area contributed by atoms with Gasteiger partial charge < -0.3 is 4.52 Å². The molecular formula is C6H9N3O3. The number of amides is 1. The Bertz CT molecular complexity index is 271. The number of nitrogens with zero attached hydrogens (tertiary/aromatic N) is 2. The Kier molecular flexibility index (Phi) is 2.76. The van der Waals surface area contributed by atoms with E-state index in [0.717, 1.165) is 0 Å². The van der Waals surface area contributed by atoms with Crippen LogP contribution in [0.1, 0.15) is 23.4 Å². The number of hydrogen-bond acceptors (Lipinski definition) is 5. The fourth-order valence-electron chi connectivity index (χ4n) is 0.575. The Balaban J connectivity index is 2.53. The van der Waals surface area contributed by atoms with Crippen molar-refractivity contribution in [1.29, 1.82) is 0 Å².